The third-order valence-corrected chi connectivity index (χ3v) is 2.14. The molecule has 62 valence electrons. The lowest BCUT2D eigenvalue weighted by Crippen LogP contribution is -1.88. The van der Waals surface area contributed by atoms with E-state index in [4.69, 9.17) is 10.2 Å². The van der Waals surface area contributed by atoms with Crippen molar-refractivity contribution in [2.75, 3.05) is 5.73 Å². The smallest absolute Gasteiger partial charge is 0.170 e. The van der Waals surface area contributed by atoms with Gasteiger partial charge in [-0.1, -0.05) is 0 Å². The molecule has 0 radical (unpaired) electrons. The quantitative estimate of drug-likeness (QED) is 0.752. The number of hydrogen-bond acceptors (Lipinski definition) is 3. The molecule has 0 unspecified atom stereocenters. The Bertz CT molecular complexity index is 397. The zero-order valence-electron chi connectivity index (χ0n) is 6.47. The summed E-state index contributed by atoms with van der Waals surface area (Å²) in [6.45, 7) is 1.92. The highest BCUT2D eigenvalue weighted by molar-refractivity contribution is 9.10. The number of aromatic nitrogens is 1. The first-order chi connectivity index (χ1) is 5.68. The predicted octanol–water partition coefficient (Wildman–Crippen LogP) is 2.48. The molecule has 0 saturated heterocycles. The van der Waals surface area contributed by atoms with Crippen LogP contribution in [0.1, 0.15) is 5.69 Å². The van der Waals surface area contributed by atoms with Gasteiger partial charge in [0.15, 0.2) is 10.3 Å². The molecule has 0 spiro atoms. The minimum absolute atomic E-state index is 0.571. The lowest BCUT2D eigenvalue weighted by atomic mass is 10.2. The van der Waals surface area contributed by atoms with Gasteiger partial charge >= 0.3 is 0 Å². The van der Waals surface area contributed by atoms with Crippen molar-refractivity contribution in [1.82, 2.24) is 4.98 Å². The summed E-state index contributed by atoms with van der Waals surface area (Å²) in [5, 5.41) is 0.960. The number of nitrogens with zero attached hydrogens (tertiary/aromatic N) is 1. The fourth-order valence-electron chi connectivity index (χ4n) is 1.14. The number of anilines is 1. The molecular weight excluding hydrogens is 220 g/mol. The van der Waals surface area contributed by atoms with E-state index in [0.717, 1.165) is 11.1 Å². The predicted molar refractivity (Wildman–Crippen MR) is 50.9 cm³/mol. The molecular formula is C8H7BrN2O. The first-order valence-corrected chi connectivity index (χ1v) is 4.28. The van der Waals surface area contributed by atoms with Crippen LogP contribution in [0.2, 0.25) is 0 Å². The van der Waals surface area contributed by atoms with E-state index in [1.165, 1.54) is 0 Å². The zero-order valence-corrected chi connectivity index (χ0v) is 8.05. The number of pyridine rings is 1. The SMILES string of the molecule is Cc1ncc(N)c2oc(Br)cc12. The average Bonchev–Trinajstić information content (AvgIpc) is 2.41. The molecule has 2 aromatic heterocycles. The van der Waals surface area contributed by atoms with E-state index in [0.29, 0.717) is 15.9 Å². The number of nitrogen functional groups attached to an aromatic ring is 1. The summed E-state index contributed by atoms with van der Waals surface area (Å²) in [7, 11) is 0. The highest BCUT2D eigenvalue weighted by atomic mass is 79.9. The maximum Gasteiger partial charge on any atom is 0.170 e. The van der Waals surface area contributed by atoms with E-state index in [1.54, 1.807) is 6.20 Å². The van der Waals surface area contributed by atoms with Crippen molar-refractivity contribution in [2.24, 2.45) is 0 Å². The highest BCUT2D eigenvalue weighted by Gasteiger charge is 2.07. The van der Waals surface area contributed by atoms with E-state index in [9.17, 15) is 0 Å². The lowest BCUT2D eigenvalue weighted by Gasteiger charge is -1.95. The third kappa shape index (κ3) is 0.992. The van der Waals surface area contributed by atoms with Gasteiger partial charge in [0, 0.05) is 17.1 Å². The third-order valence-electron chi connectivity index (χ3n) is 1.75. The second-order valence-electron chi connectivity index (χ2n) is 2.59. The average molecular weight is 227 g/mol. The molecule has 3 nitrogen and oxygen atoms in total. The van der Waals surface area contributed by atoms with E-state index in [-0.39, 0.29) is 0 Å². The van der Waals surface area contributed by atoms with Crippen molar-refractivity contribution in [3.8, 4) is 0 Å². The summed E-state index contributed by atoms with van der Waals surface area (Å²) >= 11 is 3.24. The Kier molecular flexibility index (Phi) is 1.58. The van der Waals surface area contributed by atoms with Crippen molar-refractivity contribution in [1.29, 1.82) is 0 Å². The molecule has 0 aliphatic heterocycles. The Morgan fingerprint density at radius 3 is 3.00 bits per heavy atom. The van der Waals surface area contributed by atoms with Crippen molar-refractivity contribution < 1.29 is 4.42 Å². The van der Waals surface area contributed by atoms with Gasteiger partial charge in [0.05, 0.1) is 11.9 Å². The van der Waals surface area contributed by atoms with Gasteiger partial charge in [-0.3, -0.25) is 4.98 Å². The van der Waals surface area contributed by atoms with Gasteiger partial charge in [0.2, 0.25) is 0 Å². The number of halogens is 1. The first kappa shape index (κ1) is 7.61. The molecule has 12 heavy (non-hydrogen) atoms. The number of hydrogen-bond donors (Lipinski definition) is 1. The Hall–Kier alpha value is -1.03. The summed E-state index contributed by atoms with van der Waals surface area (Å²) in [6.07, 6.45) is 1.60. The molecule has 0 fully saturated rings. The molecule has 0 amide bonds. The molecule has 0 aliphatic carbocycles. The van der Waals surface area contributed by atoms with Crippen LogP contribution in [0.3, 0.4) is 0 Å². The summed E-state index contributed by atoms with van der Waals surface area (Å²) in [5.74, 6) is 0. The maximum absolute atomic E-state index is 5.66. The zero-order chi connectivity index (χ0) is 8.72. The Labute approximate surface area is 77.7 Å². The Morgan fingerprint density at radius 1 is 1.58 bits per heavy atom. The van der Waals surface area contributed by atoms with Gasteiger partial charge in [-0.05, 0) is 22.9 Å². The Morgan fingerprint density at radius 2 is 2.33 bits per heavy atom. The van der Waals surface area contributed by atoms with Gasteiger partial charge in [-0.25, -0.2) is 0 Å². The van der Waals surface area contributed by atoms with Crippen LogP contribution in [0, 0.1) is 6.92 Å². The van der Waals surface area contributed by atoms with Crippen LogP contribution in [0.4, 0.5) is 5.69 Å². The van der Waals surface area contributed by atoms with E-state index in [1.807, 2.05) is 13.0 Å². The largest absolute Gasteiger partial charge is 0.447 e. The molecule has 0 saturated carbocycles. The van der Waals surface area contributed by atoms with Gasteiger partial charge < -0.3 is 10.2 Å². The minimum atomic E-state index is 0.571. The molecule has 4 heteroatoms. The van der Waals surface area contributed by atoms with Crippen LogP contribution in [0.25, 0.3) is 11.0 Å². The van der Waals surface area contributed by atoms with Crippen LogP contribution in [-0.2, 0) is 0 Å². The van der Waals surface area contributed by atoms with Gasteiger partial charge in [-0.15, -0.1) is 0 Å². The Balaban J connectivity index is 2.93. The van der Waals surface area contributed by atoms with Crippen molar-refractivity contribution >= 4 is 32.6 Å². The van der Waals surface area contributed by atoms with E-state index >= 15 is 0 Å². The van der Waals surface area contributed by atoms with Crippen molar-refractivity contribution in [2.45, 2.75) is 6.92 Å². The van der Waals surface area contributed by atoms with E-state index < -0.39 is 0 Å². The topological polar surface area (TPSA) is 52.0 Å². The number of furan rings is 1. The summed E-state index contributed by atoms with van der Waals surface area (Å²) in [6, 6.07) is 1.87. The van der Waals surface area contributed by atoms with Crippen molar-refractivity contribution in [3.05, 3.63) is 22.6 Å². The van der Waals surface area contributed by atoms with Crippen molar-refractivity contribution in [3.63, 3.8) is 0 Å². The summed E-state index contributed by atoms with van der Waals surface area (Å²) in [5.41, 5.74) is 7.86. The van der Waals surface area contributed by atoms with Crippen LogP contribution in [0.15, 0.2) is 21.3 Å². The number of rotatable bonds is 0. The molecule has 2 aromatic rings. The molecule has 2 N–H and O–H groups in total. The van der Waals surface area contributed by atoms with Crippen LogP contribution in [0.5, 0.6) is 0 Å². The molecule has 2 heterocycles. The molecule has 0 aliphatic rings. The first-order valence-electron chi connectivity index (χ1n) is 3.48. The molecule has 0 aromatic carbocycles. The number of aryl methyl sites for hydroxylation is 1. The van der Waals surface area contributed by atoms with Gasteiger partial charge in [0.1, 0.15) is 0 Å². The number of fused-ring (bicyclic) bond motifs is 1. The second-order valence-corrected chi connectivity index (χ2v) is 3.37. The fraction of sp³-hybridized carbons (Fsp3) is 0.125. The monoisotopic (exact) mass is 226 g/mol. The molecule has 2 rings (SSSR count). The van der Waals surface area contributed by atoms with Gasteiger partial charge in [0.25, 0.3) is 0 Å². The van der Waals surface area contributed by atoms with Crippen LogP contribution in [-0.4, -0.2) is 4.98 Å². The van der Waals surface area contributed by atoms with E-state index in [2.05, 4.69) is 20.9 Å². The standard InChI is InChI=1S/C8H7BrN2O/c1-4-5-2-7(9)12-8(5)6(10)3-11-4/h2-3H,10H2,1H3. The normalized spacial score (nSPS) is 10.8. The van der Waals surface area contributed by atoms with Gasteiger partial charge in [-0.2, -0.15) is 0 Å². The minimum Gasteiger partial charge on any atom is -0.447 e. The highest BCUT2D eigenvalue weighted by Crippen LogP contribution is 2.28. The number of nitrogens with two attached hydrogens (primary N) is 1. The van der Waals surface area contributed by atoms with Crippen LogP contribution >= 0.6 is 15.9 Å². The van der Waals surface area contributed by atoms with Crippen LogP contribution < -0.4 is 5.73 Å². The maximum atomic E-state index is 5.66. The summed E-state index contributed by atoms with van der Waals surface area (Å²) in [4.78, 5) is 4.11. The lowest BCUT2D eigenvalue weighted by molar-refractivity contribution is 0.588. The molecule has 0 atom stereocenters. The fourth-order valence-corrected chi connectivity index (χ4v) is 1.53. The molecule has 0 bridgehead atoms. The summed E-state index contributed by atoms with van der Waals surface area (Å²) < 4.78 is 6.01. The second kappa shape index (κ2) is 2.48.